The molecule has 3 aromatic carbocycles. The molecule has 36 heavy (non-hydrogen) atoms. The normalized spacial score (nSPS) is 10.4. The van der Waals surface area contributed by atoms with E-state index in [0.717, 1.165) is 0 Å². The summed E-state index contributed by atoms with van der Waals surface area (Å²) in [5, 5.41) is 9.43. The number of hydrogen-bond donors (Lipinski definition) is 6. The highest BCUT2D eigenvalue weighted by molar-refractivity contribution is 5.89. The summed E-state index contributed by atoms with van der Waals surface area (Å²) in [4.78, 5) is 22.9. The van der Waals surface area contributed by atoms with Gasteiger partial charge in [-0.05, 0) is 48.5 Å². The van der Waals surface area contributed by atoms with E-state index in [1.807, 2.05) is 0 Å². The minimum absolute atomic E-state index is 0.0983. The van der Waals surface area contributed by atoms with Gasteiger partial charge in [-0.3, -0.25) is 0 Å². The van der Waals surface area contributed by atoms with Crippen LogP contribution in [0.1, 0.15) is 0 Å². The number of amides is 4. The van der Waals surface area contributed by atoms with Gasteiger partial charge in [0.1, 0.15) is 11.5 Å². The maximum absolute atomic E-state index is 14.6. The van der Waals surface area contributed by atoms with Crippen LogP contribution in [0.2, 0.25) is 0 Å². The largest absolute Gasteiger partial charge is 0.451 e. The second-order valence-electron chi connectivity index (χ2n) is 6.84. The Morgan fingerprint density at radius 3 is 1.19 bits per heavy atom. The number of urea groups is 2. The Kier molecular flexibility index (Phi) is 8.48. The van der Waals surface area contributed by atoms with Gasteiger partial charge in [-0.25, -0.2) is 9.59 Å². The van der Waals surface area contributed by atoms with Gasteiger partial charge in [0.25, 0.3) is 0 Å². The van der Waals surface area contributed by atoms with E-state index in [4.69, 9.17) is 20.9 Å². The van der Waals surface area contributed by atoms with Crippen LogP contribution < -0.4 is 42.2 Å². The molecule has 0 aliphatic heterocycles. The van der Waals surface area contributed by atoms with Gasteiger partial charge < -0.3 is 42.2 Å². The predicted octanol–water partition coefficient (Wildman–Crippen LogP) is 3.90. The van der Waals surface area contributed by atoms with Gasteiger partial charge >= 0.3 is 12.1 Å². The van der Waals surface area contributed by atoms with Gasteiger partial charge in [0.15, 0.2) is 0 Å². The zero-order chi connectivity index (χ0) is 26.2. The van der Waals surface area contributed by atoms with Crippen molar-refractivity contribution in [2.75, 3.05) is 24.0 Å². The summed E-state index contributed by atoms with van der Waals surface area (Å²) in [5.74, 6) is -10.3. The zero-order valence-corrected chi connectivity index (χ0v) is 18.3. The van der Waals surface area contributed by atoms with Gasteiger partial charge in [0.05, 0.1) is 13.3 Å². The number of carbonyl (C=O) groups excluding carboxylic acids is 2. The molecule has 0 fully saturated rings. The highest BCUT2D eigenvalue weighted by Crippen LogP contribution is 2.39. The average molecular weight is 508 g/mol. The first kappa shape index (κ1) is 26.1. The molecule has 10 nitrogen and oxygen atoms in total. The van der Waals surface area contributed by atoms with Gasteiger partial charge in [0.2, 0.25) is 34.8 Å². The highest BCUT2D eigenvalue weighted by Gasteiger charge is 2.29. The van der Waals surface area contributed by atoms with Crippen molar-refractivity contribution in [2.45, 2.75) is 0 Å². The monoisotopic (exact) mass is 508 g/mol. The van der Waals surface area contributed by atoms with E-state index in [1.54, 1.807) is 0 Å². The van der Waals surface area contributed by atoms with Crippen LogP contribution in [0.25, 0.3) is 0 Å². The third kappa shape index (κ3) is 6.31. The van der Waals surface area contributed by atoms with Crippen LogP contribution in [0.5, 0.6) is 23.0 Å². The number of nitrogens with two attached hydrogens (primary N) is 2. The van der Waals surface area contributed by atoms with Crippen molar-refractivity contribution >= 4 is 23.4 Å². The molecule has 190 valence electrons. The smallest absolute Gasteiger partial charge is 0.320 e. The summed E-state index contributed by atoms with van der Waals surface area (Å²) in [6.45, 7) is -0.197. The SMILES string of the molecule is NCNC(=O)Nc1ccc(Oc2c(F)c(F)c(Oc3ccc(NC(=O)NCN)cc3)c(F)c2F)cc1. The molecule has 0 heterocycles. The molecule has 14 heteroatoms. The van der Waals surface area contributed by atoms with Crippen molar-refractivity contribution in [3.63, 3.8) is 0 Å². The quantitative estimate of drug-likeness (QED) is 0.154. The number of nitrogens with one attached hydrogen (secondary N) is 4. The molecule has 0 unspecified atom stereocenters. The molecule has 0 saturated heterocycles. The van der Waals surface area contributed by atoms with E-state index in [9.17, 15) is 27.2 Å². The molecular formula is C22H20F4N6O4. The van der Waals surface area contributed by atoms with Crippen molar-refractivity contribution in [1.82, 2.24) is 10.6 Å². The van der Waals surface area contributed by atoms with Crippen LogP contribution >= 0.6 is 0 Å². The number of halogens is 4. The molecule has 0 aliphatic carbocycles. The summed E-state index contributed by atoms with van der Waals surface area (Å²) in [6, 6.07) is 8.94. The minimum atomic E-state index is -1.83. The molecule has 4 amide bonds. The first-order chi connectivity index (χ1) is 17.2. The van der Waals surface area contributed by atoms with Crippen LogP contribution in [0.15, 0.2) is 48.5 Å². The molecule has 0 saturated carbocycles. The minimum Gasteiger partial charge on any atom is -0.451 e. The first-order valence-electron chi connectivity index (χ1n) is 10.1. The summed E-state index contributed by atoms with van der Waals surface area (Å²) < 4.78 is 68.3. The summed E-state index contributed by atoms with van der Waals surface area (Å²) >= 11 is 0. The van der Waals surface area contributed by atoms with Crippen molar-refractivity contribution in [1.29, 1.82) is 0 Å². The van der Waals surface area contributed by atoms with Gasteiger partial charge in [-0.2, -0.15) is 17.6 Å². The predicted molar refractivity (Wildman–Crippen MR) is 122 cm³/mol. The van der Waals surface area contributed by atoms with Crippen molar-refractivity contribution in [3.05, 3.63) is 71.8 Å². The number of carbonyl (C=O) groups is 2. The van der Waals surface area contributed by atoms with E-state index in [0.29, 0.717) is 0 Å². The summed E-state index contributed by atoms with van der Waals surface area (Å²) in [6.07, 6.45) is 0. The van der Waals surface area contributed by atoms with Crippen molar-refractivity contribution in [2.24, 2.45) is 11.5 Å². The topological polar surface area (TPSA) is 153 Å². The summed E-state index contributed by atoms with van der Waals surface area (Å²) in [5.41, 5.74) is 10.9. The summed E-state index contributed by atoms with van der Waals surface area (Å²) in [7, 11) is 0. The first-order valence-corrected chi connectivity index (χ1v) is 10.1. The second-order valence-corrected chi connectivity index (χ2v) is 6.84. The molecule has 0 radical (unpaired) electrons. The third-order valence-corrected chi connectivity index (χ3v) is 4.37. The Hall–Kier alpha value is -4.56. The fraction of sp³-hybridized carbons (Fsp3) is 0.0909. The number of hydrogen-bond acceptors (Lipinski definition) is 6. The fourth-order valence-electron chi connectivity index (χ4n) is 2.75. The van der Waals surface area contributed by atoms with Crippen LogP contribution in [-0.4, -0.2) is 25.4 Å². The van der Waals surface area contributed by atoms with Gasteiger partial charge in [-0.15, -0.1) is 0 Å². The lowest BCUT2D eigenvalue weighted by Gasteiger charge is -2.14. The number of rotatable bonds is 8. The maximum atomic E-state index is 14.6. The number of anilines is 2. The van der Waals surface area contributed by atoms with Crippen molar-refractivity contribution < 1.29 is 36.6 Å². The molecule has 0 spiro atoms. The number of benzene rings is 3. The van der Waals surface area contributed by atoms with E-state index < -0.39 is 46.8 Å². The molecule has 3 rings (SSSR count). The Morgan fingerprint density at radius 1 is 0.611 bits per heavy atom. The van der Waals surface area contributed by atoms with E-state index in [2.05, 4.69) is 21.3 Å². The molecule has 3 aromatic rings. The maximum Gasteiger partial charge on any atom is 0.320 e. The van der Waals surface area contributed by atoms with Gasteiger partial charge in [0, 0.05) is 11.4 Å². The van der Waals surface area contributed by atoms with E-state index in [1.165, 1.54) is 48.5 Å². The van der Waals surface area contributed by atoms with Crippen molar-refractivity contribution in [3.8, 4) is 23.0 Å². The lowest BCUT2D eigenvalue weighted by Crippen LogP contribution is -2.33. The molecule has 0 bridgehead atoms. The Bertz CT molecular complexity index is 1120. The highest BCUT2D eigenvalue weighted by atomic mass is 19.2. The number of ether oxygens (including phenoxy) is 2. The van der Waals surface area contributed by atoms with Crippen LogP contribution in [-0.2, 0) is 0 Å². The van der Waals surface area contributed by atoms with Crippen LogP contribution in [0.4, 0.5) is 38.5 Å². The molecule has 8 N–H and O–H groups in total. The fourth-order valence-corrected chi connectivity index (χ4v) is 2.75. The second kappa shape index (κ2) is 11.7. The Labute approximate surface area is 201 Å². The lowest BCUT2D eigenvalue weighted by molar-refractivity contribution is 0.251. The molecule has 0 atom stereocenters. The third-order valence-electron chi connectivity index (χ3n) is 4.37. The van der Waals surface area contributed by atoms with Crippen LogP contribution in [0.3, 0.4) is 0 Å². The van der Waals surface area contributed by atoms with E-state index >= 15 is 0 Å². The standard InChI is InChI=1S/C22H20F4N6O4/c23-15-17(25)20(36-14-7-3-12(4-8-14)32-22(34)30-10-28)18(26)16(24)19(15)35-13-5-1-11(2-6-13)31-21(33)29-9-27/h1-8H,9-10,27-28H2,(H2,29,31,33)(H2,30,32,34). The molecular weight excluding hydrogens is 488 g/mol. The Balaban J connectivity index is 1.77. The zero-order valence-electron chi connectivity index (χ0n) is 18.3. The van der Waals surface area contributed by atoms with E-state index in [-0.39, 0.29) is 36.2 Å². The molecule has 0 aromatic heterocycles. The van der Waals surface area contributed by atoms with Crippen LogP contribution in [0, 0.1) is 23.3 Å². The Morgan fingerprint density at radius 2 is 0.917 bits per heavy atom. The average Bonchev–Trinajstić information content (AvgIpc) is 2.85. The van der Waals surface area contributed by atoms with Gasteiger partial charge in [-0.1, -0.05) is 0 Å². The molecule has 0 aliphatic rings. The lowest BCUT2D eigenvalue weighted by atomic mass is 10.2.